The molecule has 0 spiro atoms. The lowest BCUT2D eigenvalue weighted by Gasteiger charge is -2.27. The number of nitrogens with one attached hydrogen (secondary N) is 1. The minimum Gasteiger partial charge on any atom is -0.323 e. The molecule has 3 aliphatic heterocycles. The Labute approximate surface area is 222 Å². The first-order valence-electron chi connectivity index (χ1n) is 12.8. The number of hydrogen-bond donors (Lipinski definition) is 2. The standard InChI is InChI=1S/C29H29N7O2/c1-3-6-20-13-14-32-25(18-20)33-29(38)22-11-9-21(10-12-22)28-34-27(24-19-31-15-17-36(24,28)30)23-8-5-16-35(23)26(37)7-4-2/h9-15,17-19,23H,3,5-6,8,16,30H2,1-2H3/p+1. The van der Waals surface area contributed by atoms with Gasteiger partial charge >= 0.3 is 0 Å². The van der Waals surface area contributed by atoms with Crippen LogP contribution in [0.3, 0.4) is 0 Å². The summed E-state index contributed by atoms with van der Waals surface area (Å²) in [5, 5.41) is 2.87. The fourth-order valence-electron chi connectivity index (χ4n) is 5.07. The fraction of sp³-hybridized carbons (Fsp3) is 0.276. The highest BCUT2D eigenvalue weighted by atomic mass is 16.2. The van der Waals surface area contributed by atoms with Gasteiger partial charge in [0.15, 0.2) is 0 Å². The number of hydrogen-bond acceptors (Lipinski definition) is 6. The second-order valence-corrected chi connectivity index (χ2v) is 9.42. The topological polar surface area (TPSA) is 113 Å². The normalized spacial score (nSPS) is 21.6. The number of amidine groups is 1. The third-order valence-electron chi connectivity index (χ3n) is 6.89. The highest BCUT2D eigenvalue weighted by Crippen LogP contribution is 2.37. The summed E-state index contributed by atoms with van der Waals surface area (Å²) in [5.74, 6) is 12.9. The van der Waals surface area contributed by atoms with E-state index in [9.17, 15) is 9.59 Å². The molecule has 2 unspecified atom stereocenters. The van der Waals surface area contributed by atoms with E-state index in [1.165, 1.54) is 0 Å². The smallest absolute Gasteiger partial charge is 0.299 e. The monoisotopic (exact) mass is 508 g/mol. The summed E-state index contributed by atoms with van der Waals surface area (Å²) in [7, 11) is 0. The van der Waals surface area contributed by atoms with Crippen LogP contribution in [0.2, 0.25) is 0 Å². The van der Waals surface area contributed by atoms with Crippen molar-refractivity contribution in [2.75, 3.05) is 11.9 Å². The summed E-state index contributed by atoms with van der Waals surface area (Å²) >= 11 is 0. The molecule has 0 bridgehead atoms. The molecule has 2 atom stereocenters. The largest absolute Gasteiger partial charge is 0.323 e. The van der Waals surface area contributed by atoms with Crippen LogP contribution in [0.4, 0.5) is 5.82 Å². The molecule has 2 amide bonds. The van der Waals surface area contributed by atoms with Crippen LogP contribution < -0.4 is 11.2 Å². The van der Waals surface area contributed by atoms with Gasteiger partial charge < -0.3 is 10.2 Å². The third kappa shape index (κ3) is 4.67. The van der Waals surface area contributed by atoms with Crippen molar-refractivity contribution in [3.63, 3.8) is 0 Å². The van der Waals surface area contributed by atoms with Crippen LogP contribution in [0.5, 0.6) is 0 Å². The molecule has 1 fully saturated rings. The minimum absolute atomic E-state index is 0.156. The molecule has 2 aromatic rings. The van der Waals surface area contributed by atoms with Crippen molar-refractivity contribution in [3.05, 3.63) is 83.1 Å². The number of anilines is 1. The van der Waals surface area contributed by atoms with E-state index in [2.05, 4.69) is 34.1 Å². The van der Waals surface area contributed by atoms with Crippen molar-refractivity contribution in [1.29, 1.82) is 0 Å². The van der Waals surface area contributed by atoms with Crippen molar-refractivity contribution >= 4 is 29.7 Å². The van der Waals surface area contributed by atoms with Gasteiger partial charge in [-0.1, -0.05) is 19.3 Å². The fourth-order valence-corrected chi connectivity index (χ4v) is 5.07. The van der Waals surface area contributed by atoms with Gasteiger partial charge in [0.05, 0.1) is 24.0 Å². The lowest BCUT2D eigenvalue weighted by atomic mass is 10.1. The first-order valence-corrected chi connectivity index (χ1v) is 12.8. The molecule has 4 heterocycles. The van der Waals surface area contributed by atoms with Gasteiger partial charge in [0.1, 0.15) is 17.7 Å². The van der Waals surface area contributed by atoms with E-state index in [4.69, 9.17) is 10.8 Å². The number of benzene rings is 1. The number of aliphatic imine (C=N–C) groups is 2. The summed E-state index contributed by atoms with van der Waals surface area (Å²) < 4.78 is -0.156. The van der Waals surface area contributed by atoms with Gasteiger partial charge in [-0.15, -0.1) is 4.59 Å². The number of nitrogens with two attached hydrogens (primary N) is 1. The van der Waals surface area contributed by atoms with Gasteiger partial charge in [-0.3, -0.25) is 14.6 Å². The predicted octanol–water partition coefficient (Wildman–Crippen LogP) is 3.52. The van der Waals surface area contributed by atoms with Crippen LogP contribution in [0.25, 0.3) is 0 Å². The second-order valence-electron chi connectivity index (χ2n) is 9.42. The summed E-state index contributed by atoms with van der Waals surface area (Å²) in [6, 6.07) is 10.8. The molecule has 0 radical (unpaired) electrons. The molecule has 1 aromatic heterocycles. The molecule has 3 N–H and O–H groups in total. The number of nitrogens with zero attached hydrogens (tertiary/aromatic N) is 5. The summed E-state index contributed by atoms with van der Waals surface area (Å²) in [6.45, 7) is 4.39. The van der Waals surface area contributed by atoms with E-state index in [0.717, 1.165) is 48.2 Å². The number of carbonyl (C=O) groups is 2. The number of amides is 2. The van der Waals surface area contributed by atoms with Crippen molar-refractivity contribution in [2.24, 2.45) is 15.8 Å². The molecule has 3 aliphatic rings. The number of aryl methyl sites for hydroxylation is 1. The number of rotatable bonds is 6. The Morgan fingerprint density at radius 1 is 1.24 bits per heavy atom. The quantitative estimate of drug-likeness (QED) is 0.353. The van der Waals surface area contributed by atoms with Gasteiger partial charge in [-0.2, -0.15) is 10.8 Å². The zero-order valence-electron chi connectivity index (χ0n) is 21.5. The Kier molecular flexibility index (Phi) is 7.01. The first-order chi connectivity index (χ1) is 18.4. The zero-order valence-corrected chi connectivity index (χ0v) is 21.5. The van der Waals surface area contributed by atoms with Gasteiger partial charge in [-0.25, -0.2) is 4.98 Å². The van der Waals surface area contributed by atoms with Gasteiger partial charge in [0, 0.05) is 18.3 Å². The molecule has 0 aliphatic carbocycles. The van der Waals surface area contributed by atoms with Crippen LogP contribution in [-0.4, -0.2) is 50.9 Å². The average molecular weight is 509 g/mol. The average Bonchev–Trinajstić information content (AvgIpc) is 3.52. The Balaban J connectivity index is 1.41. The number of likely N-dealkylation sites (tertiary alicyclic amines) is 1. The third-order valence-corrected chi connectivity index (χ3v) is 6.89. The maximum atomic E-state index is 12.9. The summed E-state index contributed by atoms with van der Waals surface area (Å²) in [6.07, 6.45) is 10.4. The molecule has 1 aromatic carbocycles. The predicted molar refractivity (Wildman–Crippen MR) is 146 cm³/mol. The van der Waals surface area contributed by atoms with Crippen LogP contribution in [0.15, 0.2) is 76.4 Å². The highest BCUT2D eigenvalue weighted by Gasteiger charge is 2.48. The number of pyridine rings is 1. The number of quaternary nitrogens is 1. The molecular weight excluding hydrogens is 478 g/mol. The zero-order chi connectivity index (χ0) is 26.7. The van der Waals surface area contributed by atoms with Crippen molar-refractivity contribution < 1.29 is 14.2 Å². The van der Waals surface area contributed by atoms with E-state index >= 15 is 0 Å². The molecule has 5 rings (SSSR count). The number of allylic oxidation sites excluding steroid dienone is 1. The minimum atomic E-state index is -0.246. The molecular formula is C29H30N7O2+. The van der Waals surface area contributed by atoms with E-state index in [1.54, 1.807) is 48.8 Å². The Hall–Kier alpha value is -4.39. The van der Waals surface area contributed by atoms with Crippen molar-refractivity contribution in [3.8, 4) is 11.8 Å². The maximum Gasteiger partial charge on any atom is 0.299 e. The summed E-state index contributed by atoms with van der Waals surface area (Å²) in [4.78, 5) is 40.8. The second kappa shape index (κ2) is 10.5. The van der Waals surface area contributed by atoms with Crippen LogP contribution in [-0.2, 0) is 11.2 Å². The molecule has 9 heteroatoms. The number of fused-ring (bicyclic) bond motifs is 1. The Morgan fingerprint density at radius 2 is 2.05 bits per heavy atom. The lowest BCUT2D eigenvalue weighted by Crippen LogP contribution is -2.53. The van der Waals surface area contributed by atoms with E-state index in [1.807, 2.05) is 24.3 Å². The highest BCUT2D eigenvalue weighted by molar-refractivity contribution is 6.05. The van der Waals surface area contributed by atoms with Gasteiger partial charge in [0.2, 0.25) is 5.70 Å². The number of aromatic nitrogens is 1. The summed E-state index contributed by atoms with van der Waals surface area (Å²) in [5.41, 5.74) is 3.83. The first kappa shape index (κ1) is 25.3. The lowest BCUT2D eigenvalue weighted by molar-refractivity contribution is -0.750. The van der Waals surface area contributed by atoms with Gasteiger partial charge in [-0.05, 0) is 74.1 Å². The molecule has 1 saturated heterocycles. The molecule has 192 valence electrons. The van der Waals surface area contributed by atoms with E-state index in [-0.39, 0.29) is 22.4 Å². The Morgan fingerprint density at radius 3 is 2.82 bits per heavy atom. The van der Waals surface area contributed by atoms with E-state index in [0.29, 0.717) is 23.8 Å². The maximum absolute atomic E-state index is 12.9. The van der Waals surface area contributed by atoms with Crippen molar-refractivity contribution in [2.45, 2.75) is 45.6 Å². The molecule has 9 nitrogen and oxygen atoms in total. The SMILES string of the molecule is CC#CC(=O)N1CCCC1C1=C2C=NC=C[N+]2(N)C(c2ccc(C(=O)Nc3cc(CCC)ccn3)cc2)=N1. The number of carbonyl (C=O) groups excluding carboxylic acids is 2. The van der Waals surface area contributed by atoms with Crippen LogP contribution in [0, 0.1) is 11.8 Å². The van der Waals surface area contributed by atoms with Gasteiger partial charge in [0.25, 0.3) is 17.6 Å². The molecule has 38 heavy (non-hydrogen) atoms. The molecule has 0 saturated carbocycles. The Bertz CT molecular complexity index is 1460. The van der Waals surface area contributed by atoms with Crippen molar-refractivity contribution in [1.82, 2.24) is 9.88 Å². The van der Waals surface area contributed by atoms with Crippen LogP contribution >= 0.6 is 0 Å². The van der Waals surface area contributed by atoms with Crippen LogP contribution in [0.1, 0.15) is 54.6 Å². The van der Waals surface area contributed by atoms with E-state index < -0.39 is 0 Å².